The zero-order chi connectivity index (χ0) is 20.2. The lowest BCUT2D eigenvalue weighted by atomic mass is 10.2. The van der Waals surface area contributed by atoms with Crippen molar-refractivity contribution in [2.75, 3.05) is 41.8 Å². The standard InChI is InChI=1S/C20H22N6O2S/c1-13-11-17(25-20(22-13)26-7-9-28-10-8-26)23-15-3-5-16(6-4-15)24-19(27)18-14(2)21-12-29-18/h3-6,11-12H,7-10H2,1-2H3,(H,24,27)(H,22,23,25). The number of ether oxygens (including phenoxy) is 1. The molecular weight excluding hydrogens is 388 g/mol. The molecule has 3 aromatic rings. The summed E-state index contributed by atoms with van der Waals surface area (Å²) in [6.45, 7) is 6.74. The summed E-state index contributed by atoms with van der Waals surface area (Å²) in [5.41, 5.74) is 4.91. The number of morpholine rings is 1. The van der Waals surface area contributed by atoms with Gasteiger partial charge in [0, 0.05) is 36.2 Å². The monoisotopic (exact) mass is 410 g/mol. The maximum absolute atomic E-state index is 12.3. The normalized spacial score (nSPS) is 13.9. The third-order valence-corrected chi connectivity index (χ3v) is 5.43. The first-order valence-corrected chi connectivity index (χ1v) is 10.2. The molecule has 2 aromatic heterocycles. The quantitative estimate of drug-likeness (QED) is 0.666. The Balaban J connectivity index is 1.44. The Morgan fingerprint density at radius 1 is 1.10 bits per heavy atom. The lowest BCUT2D eigenvalue weighted by molar-refractivity contribution is 0.103. The van der Waals surface area contributed by atoms with Crippen LogP contribution in [0.25, 0.3) is 0 Å². The Bertz CT molecular complexity index is 998. The molecular formula is C20H22N6O2S. The molecule has 1 amide bonds. The summed E-state index contributed by atoms with van der Waals surface area (Å²) in [4.78, 5) is 28.4. The van der Waals surface area contributed by atoms with E-state index in [-0.39, 0.29) is 5.91 Å². The van der Waals surface area contributed by atoms with Crippen LogP contribution < -0.4 is 15.5 Å². The fourth-order valence-electron chi connectivity index (χ4n) is 3.01. The van der Waals surface area contributed by atoms with Gasteiger partial charge in [-0.25, -0.2) is 9.97 Å². The zero-order valence-corrected chi connectivity index (χ0v) is 17.1. The van der Waals surface area contributed by atoms with Crippen molar-refractivity contribution in [2.45, 2.75) is 13.8 Å². The second-order valence-corrected chi connectivity index (χ2v) is 7.57. The van der Waals surface area contributed by atoms with E-state index in [0.717, 1.165) is 41.7 Å². The average Bonchev–Trinajstić information content (AvgIpc) is 3.16. The molecule has 8 nitrogen and oxygen atoms in total. The number of anilines is 4. The van der Waals surface area contributed by atoms with Crippen LogP contribution in [0.2, 0.25) is 0 Å². The van der Waals surface area contributed by atoms with Crippen molar-refractivity contribution >= 4 is 40.4 Å². The van der Waals surface area contributed by atoms with Crippen molar-refractivity contribution in [1.29, 1.82) is 0 Å². The van der Waals surface area contributed by atoms with Crippen molar-refractivity contribution in [1.82, 2.24) is 15.0 Å². The largest absolute Gasteiger partial charge is 0.378 e. The molecule has 4 rings (SSSR count). The summed E-state index contributed by atoms with van der Waals surface area (Å²) in [5, 5.41) is 6.21. The number of thiazole rings is 1. The number of aromatic nitrogens is 3. The first kappa shape index (κ1) is 19.3. The Kier molecular flexibility index (Phi) is 5.68. The number of aryl methyl sites for hydroxylation is 2. The van der Waals surface area contributed by atoms with Gasteiger partial charge in [0.25, 0.3) is 5.91 Å². The lowest BCUT2D eigenvalue weighted by Gasteiger charge is -2.27. The van der Waals surface area contributed by atoms with Crippen LogP contribution in [0.5, 0.6) is 0 Å². The molecule has 1 aliphatic heterocycles. The van der Waals surface area contributed by atoms with E-state index in [2.05, 4.69) is 30.5 Å². The van der Waals surface area contributed by atoms with E-state index in [1.54, 1.807) is 5.51 Å². The summed E-state index contributed by atoms with van der Waals surface area (Å²) in [6, 6.07) is 9.43. The van der Waals surface area contributed by atoms with Gasteiger partial charge < -0.3 is 20.3 Å². The van der Waals surface area contributed by atoms with Crippen LogP contribution in [0, 0.1) is 13.8 Å². The number of rotatable bonds is 5. The van der Waals surface area contributed by atoms with E-state index in [9.17, 15) is 4.79 Å². The molecule has 0 atom stereocenters. The Hall–Kier alpha value is -3.04. The fourth-order valence-corrected chi connectivity index (χ4v) is 3.71. The van der Waals surface area contributed by atoms with Gasteiger partial charge in [0.05, 0.1) is 24.4 Å². The molecule has 1 aliphatic rings. The summed E-state index contributed by atoms with van der Waals surface area (Å²) < 4.78 is 5.40. The highest BCUT2D eigenvalue weighted by Crippen LogP contribution is 2.22. The van der Waals surface area contributed by atoms with Crippen LogP contribution in [-0.2, 0) is 4.74 Å². The molecule has 0 radical (unpaired) electrons. The number of benzene rings is 1. The van der Waals surface area contributed by atoms with Gasteiger partial charge in [-0.15, -0.1) is 11.3 Å². The molecule has 1 saturated heterocycles. The fraction of sp³-hybridized carbons (Fsp3) is 0.300. The first-order chi connectivity index (χ1) is 14.1. The van der Waals surface area contributed by atoms with Gasteiger partial charge in [0.2, 0.25) is 5.95 Å². The minimum Gasteiger partial charge on any atom is -0.378 e. The average molecular weight is 411 g/mol. The number of carbonyl (C=O) groups excluding carboxylic acids is 1. The van der Waals surface area contributed by atoms with E-state index >= 15 is 0 Å². The highest BCUT2D eigenvalue weighted by Gasteiger charge is 2.15. The van der Waals surface area contributed by atoms with Gasteiger partial charge in [-0.2, -0.15) is 4.98 Å². The van der Waals surface area contributed by atoms with Crippen molar-refractivity contribution in [3.63, 3.8) is 0 Å². The number of hydrogen-bond donors (Lipinski definition) is 2. The Morgan fingerprint density at radius 2 is 1.83 bits per heavy atom. The van der Waals surface area contributed by atoms with Crippen molar-refractivity contribution in [3.8, 4) is 0 Å². The van der Waals surface area contributed by atoms with Crippen LogP contribution in [0.1, 0.15) is 21.1 Å². The van der Waals surface area contributed by atoms with Crippen LogP contribution in [0.3, 0.4) is 0 Å². The topological polar surface area (TPSA) is 92.3 Å². The molecule has 0 unspecified atom stereocenters. The van der Waals surface area contributed by atoms with Gasteiger partial charge in [0.15, 0.2) is 0 Å². The molecule has 0 aliphatic carbocycles. The van der Waals surface area contributed by atoms with Crippen LogP contribution >= 0.6 is 11.3 Å². The molecule has 3 heterocycles. The van der Waals surface area contributed by atoms with E-state index < -0.39 is 0 Å². The van der Waals surface area contributed by atoms with Gasteiger partial charge in [0.1, 0.15) is 10.7 Å². The van der Waals surface area contributed by atoms with E-state index in [4.69, 9.17) is 4.74 Å². The SMILES string of the molecule is Cc1cc(Nc2ccc(NC(=O)c3scnc3C)cc2)nc(N2CCOCC2)n1. The van der Waals surface area contributed by atoms with Crippen molar-refractivity contribution in [2.24, 2.45) is 0 Å². The predicted molar refractivity (Wildman–Crippen MR) is 114 cm³/mol. The smallest absolute Gasteiger partial charge is 0.267 e. The molecule has 0 spiro atoms. The molecule has 9 heteroatoms. The number of amides is 1. The maximum Gasteiger partial charge on any atom is 0.267 e. The minimum atomic E-state index is -0.146. The zero-order valence-electron chi connectivity index (χ0n) is 16.3. The summed E-state index contributed by atoms with van der Waals surface area (Å²) >= 11 is 1.33. The minimum absolute atomic E-state index is 0.146. The number of hydrogen-bond acceptors (Lipinski definition) is 8. The third kappa shape index (κ3) is 4.69. The molecule has 150 valence electrons. The first-order valence-electron chi connectivity index (χ1n) is 9.35. The lowest BCUT2D eigenvalue weighted by Crippen LogP contribution is -2.37. The number of nitrogens with one attached hydrogen (secondary N) is 2. The molecule has 29 heavy (non-hydrogen) atoms. The van der Waals surface area contributed by atoms with Crippen LogP contribution in [0.15, 0.2) is 35.8 Å². The van der Waals surface area contributed by atoms with Gasteiger partial charge in [-0.3, -0.25) is 4.79 Å². The Labute approximate surface area is 173 Å². The molecule has 2 N–H and O–H groups in total. The van der Waals surface area contributed by atoms with E-state index in [1.165, 1.54) is 11.3 Å². The third-order valence-electron chi connectivity index (χ3n) is 4.50. The van der Waals surface area contributed by atoms with Gasteiger partial charge in [-0.05, 0) is 38.1 Å². The summed E-state index contributed by atoms with van der Waals surface area (Å²) in [5.74, 6) is 1.29. The molecule has 0 bridgehead atoms. The van der Waals surface area contributed by atoms with Crippen LogP contribution in [0.4, 0.5) is 23.1 Å². The summed E-state index contributed by atoms with van der Waals surface area (Å²) in [7, 11) is 0. The number of nitrogens with zero attached hydrogens (tertiary/aromatic N) is 4. The van der Waals surface area contributed by atoms with E-state index in [1.807, 2.05) is 44.2 Å². The Morgan fingerprint density at radius 3 is 2.52 bits per heavy atom. The highest BCUT2D eigenvalue weighted by atomic mass is 32.1. The molecule has 0 saturated carbocycles. The van der Waals surface area contributed by atoms with Gasteiger partial charge in [-0.1, -0.05) is 0 Å². The van der Waals surface area contributed by atoms with E-state index in [0.29, 0.717) is 24.0 Å². The highest BCUT2D eigenvalue weighted by molar-refractivity contribution is 7.12. The molecule has 1 fully saturated rings. The van der Waals surface area contributed by atoms with Gasteiger partial charge >= 0.3 is 0 Å². The predicted octanol–water partition coefficient (Wildman–Crippen LogP) is 3.38. The van der Waals surface area contributed by atoms with Crippen molar-refractivity contribution in [3.05, 3.63) is 52.1 Å². The molecule has 1 aromatic carbocycles. The summed E-state index contributed by atoms with van der Waals surface area (Å²) in [6.07, 6.45) is 0. The second kappa shape index (κ2) is 8.54. The second-order valence-electron chi connectivity index (χ2n) is 6.72. The maximum atomic E-state index is 12.3. The van der Waals surface area contributed by atoms with Crippen molar-refractivity contribution < 1.29 is 9.53 Å². The number of carbonyl (C=O) groups is 1. The van der Waals surface area contributed by atoms with Crippen LogP contribution in [-0.4, -0.2) is 47.2 Å².